The summed E-state index contributed by atoms with van der Waals surface area (Å²) >= 11 is 0. The lowest BCUT2D eigenvalue weighted by Crippen LogP contribution is -2.26. The van der Waals surface area contributed by atoms with Crippen molar-refractivity contribution in [3.8, 4) is 5.75 Å². The first-order chi connectivity index (χ1) is 10.5. The third-order valence-electron chi connectivity index (χ3n) is 3.62. The van der Waals surface area contributed by atoms with E-state index in [2.05, 4.69) is 5.32 Å². The zero-order valence-corrected chi connectivity index (χ0v) is 12.5. The molecule has 0 saturated carbocycles. The molecular formula is C18H17NO3. The van der Waals surface area contributed by atoms with Gasteiger partial charge in [-0.3, -0.25) is 4.79 Å². The maximum absolute atomic E-state index is 12.3. The fraction of sp³-hybridized carbons (Fsp3) is 0.167. The molecule has 3 aromatic rings. The SMILES string of the molecule is Cc1ccc(C(=O)NC(C)c2cc3ccccc3o2)c(O)c1. The van der Waals surface area contributed by atoms with E-state index in [1.165, 1.54) is 0 Å². The highest BCUT2D eigenvalue weighted by atomic mass is 16.3. The summed E-state index contributed by atoms with van der Waals surface area (Å²) in [6.45, 7) is 3.71. The van der Waals surface area contributed by atoms with E-state index in [9.17, 15) is 9.90 Å². The molecule has 0 bridgehead atoms. The predicted molar refractivity (Wildman–Crippen MR) is 84.9 cm³/mol. The molecule has 4 heteroatoms. The molecule has 2 N–H and O–H groups in total. The molecule has 0 fully saturated rings. The van der Waals surface area contributed by atoms with Crippen LogP contribution in [0.15, 0.2) is 52.9 Å². The van der Waals surface area contributed by atoms with E-state index in [1.807, 2.05) is 44.2 Å². The van der Waals surface area contributed by atoms with Crippen LogP contribution in [-0.4, -0.2) is 11.0 Å². The van der Waals surface area contributed by atoms with Gasteiger partial charge in [0.1, 0.15) is 17.1 Å². The third-order valence-corrected chi connectivity index (χ3v) is 3.62. The van der Waals surface area contributed by atoms with Gasteiger partial charge in [0.05, 0.1) is 11.6 Å². The number of phenolic OH excluding ortho intramolecular Hbond substituents is 1. The highest BCUT2D eigenvalue weighted by Crippen LogP contribution is 2.25. The molecule has 22 heavy (non-hydrogen) atoms. The standard InChI is InChI=1S/C18H17NO3/c1-11-7-8-14(15(20)9-11)18(21)19-12(2)17-10-13-5-3-4-6-16(13)22-17/h3-10,12,20H,1-2H3,(H,19,21). The first kappa shape index (κ1) is 14.2. The Morgan fingerprint density at radius 2 is 1.95 bits per heavy atom. The average molecular weight is 295 g/mol. The van der Waals surface area contributed by atoms with Crippen LogP contribution in [0.25, 0.3) is 11.0 Å². The molecule has 0 aliphatic carbocycles. The summed E-state index contributed by atoms with van der Waals surface area (Å²) in [7, 11) is 0. The molecule has 1 atom stereocenters. The Kier molecular flexibility index (Phi) is 3.59. The van der Waals surface area contributed by atoms with Crippen molar-refractivity contribution in [1.82, 2.24) is 5.32 Å². The van der Waals surface area contributed by atoms with Crippen LogP contribution in [-0.2, 0) is 0 Å². The van der Waals surface area contributed by atoms with Gasteiger partial charge in [0.15, 0.2) is 0 Å². The van der Waals surface area contributed by atoms with Gasteiger partial charge in [-0.05, 0) is 43.7 Å². The summed E-state index contributed by atoms with van der Waals surface area (Å²) in [5, 5.41) is 13.7. The number of nitrogens with one attached hydrogen (secondary N) is 1. The number of furan rings is 1. The molecule has 0 aliphatic heterocycles. The van der Waals surface area contributed by atoms with Gasteiger partial charge in [0.2, 0.25) is 0 Å². The molecule has 0 aliphatic rings. The predicted octanol–water partition coefficient (Wildman–Crippen LogP) is 3.94. The van der Waals surface area contributed by atoms with E-state index in [0.29, 0.717) is 5.76 Å². The second-order valence-electron chi connectivity index (χ2n) is 5.40. The van der Waals surface area contributed by atoms with Gasteiger partial charge in [-0.1, -0.05) is 24.3 Å². The molecule has 0 spiro atoms. The number of carbonyl (C=O) groups is 1. The summed E-state index contributed by atoms with van der Waals surface area (Å²) in [6.07, 6.45) is 0. The number of fused-ring (bicyclic) bond motifs is 1. The van der Waals surface area contributed by atoms with Gasteiger partial charge in [0, 0.05) is 5.39 Å². The Morgan fingerprint density at radius 1 is 1.18 bits per heavy atom. The number of hydrogen-bond acceptors (Lipinski definition) is 3. The highest BCUT2D eigenvalue weighted by molar-refractivity contribution is 5.97. The van der Waals surface area contributed by atoms with E-state index in [-0.39, 0.29) is 23.3 Å². The minimum absolute atomic E-state index is 0.0192. The lowest BCUT2D eigenvalue weighted by atomic mass is 10.1. The number of para-hydroxylation sites is 1. The van der Waals surface area contributed by atoms with E-state index in [1.54, 1.807) is 18.2 Å². The minimum Gasteiger partial charge on any atom is -0.507 e. The van der Waals surface area contributed by atoms with E-state index < -0.39 is 0 Å². The number of phenols is 1. The second kappa shape index (κ2) is 5.56. The highest BCUT2D eigenvalue weighted by Gasteiger charge is 2.17. The fourth-order valence-electron chi connectivity index (χ4n) is 2.40. The maximum atomic E-state index is 12.3. The van der Waals surface area contributed by atoms with Gasteiger partial charge in [-0.2, -0.15) is 0 Å². The van der Waals surface area contributed by atoms with E-state index in [4.69, 9.17) is 4.42 Å². The smallest absolute Gasteiger partial charge is 0.255 e. The monoisotopic (exact) mass is 295 g/mol. The number of hydrogen-bond donors (Lipinski definition) is 2. The second-order valence-corrected chi connectivity index (χ2v) is 5.40. The quantitative estimate of drug-likeness (QED) is 0.769. The summed E-state index contributed by atoms with van der Waals surface area (Å²) in [5.74, 6) is 0.334. The van der Waals surface area contributed by atoms with Gasteiger partial charge >= 0.3 is 0 Å². The summed E-state index contributed by atoms with van der Waals surface area (Å²) in [4.78, 5) is 12.3. The van der Waals surface area contributed by atoms with Crippen molar-refractivity contribution in [2.75, 3.05) is 0 Å². The fourth-order valence-corrected chi connectivity index (χ4v) is 2.40. The lowest BCUT2D eigenvalue weighted by molar-refractivity contribution is 0.0933. The van der Waals surface area contributed by atoms with Crippen LogP contribution in [0.5, 0.6) is 5.75 Å². The molecule has 1 aromatic heterocycles. The minimum atomic E-state index is -0.328. The number of amides is 1. The molecule has 1 amide bonds. The molecule has 0 radical (unpaired) electrons. The first-order valence-electron chi connectivity index (χ1n) is 7.13. The van der Waals surface area contributed by atoms with E-state index in [0.717, 1.165) is 16.5 Å². The molecule has 3 rings (SSSR count). The van der Waals surface area contributed by atoms with Crippen molar-refractivity contribution in [3.63, 3.8) is 0 Å². The van der Waals surface area contributed by atoms with Gasteiger partial charge in [0.25, 0.3) is 5.91 Å². The van der Waals surface area contributed by atoms with Crippen molar-refractivity contribution in [2.24, 2.45) is 0 Å². The third kappa shape index (κ3) is 2.68. The number of aromatic hydroxyl groups is 1. The number of rotatable bonds is 3. The molecular weight excluding hydrogens is 278 g/mol. The Bertz CT molecular complexity index is 802. The molecule has 1 heterocycles. The van der Waals surface area contributed by atoms with Crippen molar-refractivity contribution in [2.45, 2.75) is 19.9 Å². The Labute approximate surface area is 128 Å². The van der Waals surface area contributed by atoms with Crippen LogP contribution in [0.2, 0.25) is 0 Å². The maximum Gasteiger partial charge on any atom is 0.255 e. The number of carbonyl (C=O) groups excluding carboxylic acids is 1. The Hall–Kier alpha value is -2.75. The normalized spacial score (nSPS) is 12.3. The first-order valence-corrected chi connectivity index (χ1v) is 7.13. The summed E-state index contributed by atoms with van der Waals surface area (Å²) in [6, 6.07) is 14.3. The summed E-state index contributed by atoms with van der Waals surface area (Å²) in [5.41, 5.74) is 1.95. The number of aryl methyl sites for hydroxylation is 1. The molecule has 1 unspecified atom stereocenters. The van der Waals surface area contributed by atoms with Crippen molar-refractivity contribution in [3.05, 3.63) is 65.4 Å². The Morgan fingerprint density at radius 3 is 2.68 bits per heavy atom. The zero-order chi connectivity index (χ0) is 15.7. The summed E-state index contributed by atoms with van der Waals surface area (Å²) < 4.78 is 5.74. The molecule has 2 aromatic carbocycles. The molecule has 0 saturated heterocycles. The van der Waals surface area contributed by atoms with Crippen molar-refractivity contribution < 1.29 is 14.3 Å². The van der Waals surface area contributed by atoms with Gasteiger partial charge in [-0.15, -0.1) is 0 Å². The van der Waals surface area contributed by atoms with Gasteiger partial charge in [-0.25, -0.2) is 0 Å². The largest absolute Gasteiger partial charge is 0.507 e. The van der Waals surface area contributed by atoms with Crippen LogP contribution >= 0.6 is 0 Å². The number of benzene rings is 2. The van der Waals surface area contributed by atoms with Crippen LogP contribution < -0.4 is 5.32 Å². The Balaban J connectivity index is 1.81. The van der Waals surface area contributed by atoms with Crippen LogP contribution in [0, 0.1) is 6.92 Å². The van der Waals surface area contributed by atoms with Gasteiger partial charge < -0.3 is 14.8 Å². The topological polar surface area (TPSA) is 62.5 Å². The lowest BCUT2D eigenvalue weighted by Gasteiger charge is -2.12. The van der Waals surface area contributed by atoms with E-state index >= 15 is 0 Å². The molecule has 4 nitrogen and oxygen atoms in total. The molecule has 112 valence electrons. The van der Waals surface area contributed by atoms with Crippen molar-refractivity contribution >= 4 is 16.9 Å². The van der Waals surface area contributed by atoms with Crippen LogP contribution in [0.4, 0.5) is 0 Å². The van der Waals surface area contributed by atoms with Crippen LogP contribution in [0.1, 0.15) is 34.6 Å². The average Bonchev–Trinajstić information content (AvgIpc) is 2.91. The zero-order valence-electron chi connectivity index (χ0n) is 12.5. The van der Waals surface area contributed by atoms with Crippen molar-refractivity contribution in [1.29, 1.82) is 0 Å². The van der Waals surface area contributed by atoms with Crippen LogP contribution in [0.3, 0.4) is 0 Å².